The minimum absolute atomic E-state index is 0.00108. The van der Waals surface area contributed by atoms with Crippen LogP contribution in [0.1, 0.15) is 25.0 Å². The van der Waals surface area contributed by atoms with Gasteiger partial charge in [0.2, 0.25) is 0 Å². The Labute approximate surface area is 196 Å². The molecule has 3 aromatic rings. The standard InChI is InChI=1S/C26H23BrN2O3/c1-18(2)32-25-13-8-20(15-24(25)27)14-21(16-28)26(30)29-22-9-11-23(12-10-22)31-17-19-6-4-3-5-7-19/h3-15,18H,17H2,1-2H3,(H,29,30)/b21-14+. The lowest BCUT2D eigenvalue weighted by Gasteiger charge is -2.12. The van der Waals surface area contributed by atoms with E-state index in [-0.39, 0.29) is 11.7 Å². The van der Waals surface area contributed by atoms with Crippen molar-refractivity contribution in [2.45, 2.75) is 26.6 Å². The summed E-state index contributed by atoms with van der Waals surface area (Å²) in [7, 11) is 0. The van der Waals surface area contributed by atoms with E-state index in [9.17, 15) is 10.1 Å². The SMILES string of the molecule is CC(C)Oc1ccc(/C=C(\C#N)C(=O)Nc2ccc(OCc3ccccc3)cc2)cc1Br. The molecule has 0 bridgehead atoms. The molecule has 32 heavy (non-hydrogen) atoms. The van der Waals surface area contributed by atoms with Gasteiger partial charge in [-0.05, 0) is 83.4 Å². The topological polar surface area (TPSA) is 71.3 Å². The van der Waals surface area contributed by atoms with Gasteiger partial charge >= 0.3 is 0 Å². The molecule has 0 saturated heterocycles. The van der Waals surface area contributed by atoms with Crippen molar-refractivity contribution in [3.8, 4) is 17.6 Å². The Hall–Kier alpha value is -3.56. The van der Waals surface area contributed by atoms with E-state index in [2.05, 4.69) is 21.2 Å². The summed E-state index contributed by atoms with van der Waals surface area (Å²) in [6, 6.07) is 24.3. The number of ether oxygens (including phenoxy) is 2. The largest absolute Gasteiger partial charge is 0.490 e. The number of hydrogen-bond acceptors (Lipinski definition) is 4. The van der Waals surface area contributed by atoms with Gasteiger partial charge in [0.15, 0.2) is 0 Å². The van der Waals surface area contributed by atoms with E-state index in [0.717, 1.165) is 10.0 Å². The Morgan fingerprint density at radius 3 is 2.44 bits per heavy atom. The number of nitrogens with one attached hydrogen (secondary N) is 1. The van der Waals surface area contributed by atoms with Gasteiger partial charge in [-0.2, -0.15) is 5.26 Å². The Bertz CT molecular complexity index is 1130. The van der Waals surface area contributed by atoms with Gasteiger partial charge in [-0.3, -0.25) is 4.79 Å². The third-order valence-corrected chi connectivity index (χ3v) is 4.97. The minimum atomic E-state index is -0.482. The number of benzene rings is 3. The number of amides is 1. The van der Waals surface area contributed by atoms with Gasteiger partial charge in [-0.25, -0.2) is 0 Å². The van der Waals surface area contributed by atoms with Crippen LogP contribution in [0.25, 0.3) is 6.08 Å². The van der Waals surface area contributed by atoms with E-state index in [0.29, 0.717) is 29.4 Å². The van der Waals surface area contributed by atoms with Crippen LogP contribution in [0.15, 0.2) is 82.8 Å². The predicted octanol–water partition coefficient (Wildman–Crippen LogP) is 6.36. The van der Waals surface area contributed by atoms with Gasteiger partial charge in [0.1, 0.15) is 29.7 Å². The summed E-state index contributed by atoms with van der Waals surface area (Å²) in [6.45, 7) is 4.35. The molecule has 0 radical (unpaired) electrons. The smallest absolute Gasteiger partial charge is 0.266 e. The zero-order valence-corrected chi connectivity index (χ0v) is 19.4. The molecule has 3 rings (SSSR count). The maximum atomic E-state index is 12.6. The first kappa shape index (κ1) is 23.1. The van der Waals surface area contributed by atoms with Crippen LogP contribution >= 0.6 is 15.9 Å². The molecule has 0 aliphatic heterocycles. The van der Waals surface area contributed by atoms with Crippen LogP contribution in [-0.2, 0) is 11.4 Å². The molecule has 0 aliphatic carbocycles. The van der Waals surface area contributed by atoms with Crippen LogP contribution in [0.4, 0.5) is 5.69 Å². The molecule has 1 N–H and O–H groups in total. The highest BCUT2D eigenvalue weighted by Crippen LogP contribution is 2.28. The van der Waals surface area contributed by atoms with Crippen molar-refractivity contribution in [1.29, 1.82) is 5.26 Å². The fraction of sp³-hybridized carbons (Fsp3) is 0.154. The maximum Gasteiger partial charge on any atom is 0.266 e. The molecule has 0 aromatic heterocycles. The van der Waals surface area contributed by atoms with Crippen LogP contribution in [0.2, 0.25) is 0 Å². The van der Waals surface area contributed by atoms with Crippen molar-refractivity contribution < 1.29 is 14.3 Å². The monoisotopic (exact) mass is 490 g/mol. The number of halogens is 1. The molecule has 5 nitrogen and oxygen atoms in total. The van der Waals surface area contributed by atoms with Crippen LogP contribution in [0.3, 0.4) is 0 Å². The Morgan fingerprint density at radius 2 is 1.81 bits per heavy atom. The van der Waals surface area contributed by atoms with Crippen LogP contribution in [0.5, 0.6) is 11.5 Å². The molecule has 3 aromatic carbocycles. The molecule has 0 aliphatic rings. The Kier molecular flexibility index (Phi) is 8.07. The van der Waals surface area contributed by atoms with Gasteiger partial charge in [-0.15, -0.1) is 0 Å². The van der Waals surface area contributed by atoms with E-state index in [4.69, 9.17) is 9.47 Å². The second-order valence-corrected chi connectivity index (χ2v) is 8.13. The number of nitrogens with zero attached hydrogens (tertiary/aromatic N) is 1. The molecule has 1 amide bonds. The summed E-state index contributed by atoms with van der Waals surface area (Å²) in [5, 5.41) is 12.2. The Balaban J connectivity index is 1.63. The third kappa shape index (κ3) is 6.73. The molecule has 0 spiro atoms. The molecule has 0 fully saturated rings. The third-order valence-electron chi connectivity index (χ3n) is 4.36. The van der Waals surface area contributed by atoms with E-state index in [1.807, 2.05) is 50.2 Å². The molecule has 0 saturated carbocycles. The van der Waals surface area contributed by atoms with Crippen LogP contribution in [0, 0.1) is 11.3 Å². The molecular weight excluding hydrogens is 468 g/mol. The molecule has 6 heteroatoms. The fourth-order valence-electron chi connectivity index (χ4n) is 2.85. The zero-order chi connectivity index (χ0) is 22.9. The zero-order valence-electron chi connectivity index (χ0n) is 17.8. The number of carbonyl (C=O) groups is 1. The number of nitriles is 1. The second kappa shape index (κ2) is 11.2. The number of rotatable bonds is 8. The van der Waals surface area contributed by atoms with Gasteiger partial charge in [0.05, 0.1) is 10.6 Å². The first-order valence-corrected chi connectivity index (χ1v) is 10.9. The molecule has 0 unspecified atom stereocenters. The van der Waals surface area contributed by atoms with E-state index in [1.165, 1.54) is 6.08 Å². The van der Waals surface area contributed by atoms with Crippen molar-refractivity contribution in [2.24, 2.45) is 0 Å². The lowest BCUT2D eigenvalue weighted by atomic mass is 10.1. The van der Waals surface area contributed by atoms with Gasteiger partial charge in [0, 0.05) is 5.69 Å². The average molecular weight is 491 g/mol. The van der Waals surface area contributed by atoms with Crippen molar-refractivity contribution >= 4 is 33.6 Å². The first-order chi connectivity index (χ1) is 15.4. The normalized spacial score (nSPS) is 11.0. The highest BCUT2D eigenvalue weighted by molar-refractivity contribution is 9.10. The quantitative estimate of drug-likeness (QED) is 0.294. The summed E-state index contributed by atoms with van der Waals surface area (Å²) in [4.78, 5) is 12.6. The van der Waals surface area contributed by atoms with Crippen molar-refractivity contribution in [3.63, 3.8) is 0 Å². The Morgan fingerprint density at radius 1 is 1.09 bits per heavy atom. The first-order valence-electron chi connectivity index (χ1n) is 10.1. The molecular formula is C26H23BrN2O3. The molecule has 0 atom stereocenters. The molecule has 0 heterocycles. The van der Waals surface area contributed by atoms with Gasteiger partial charge < -0.3 is 14.8 Å². The van der Waals surface area contributed by atoms with Crippen LogP contribution < -0.4 is 14.8 Å². The number of hydrogen-bond donors (Lipinski definition) is 1. The summed E-state index contributed by atoms with van der Waals surface area (Å²) in [5.41, 5.74) is 2.36. The lowest BCUT2D eigenvalue weighted by Crippen LogP contribution is -2.13. The highest BCUT2D eigenvalue weighted by Gasteiger charge is 2.11. The lowest BCUT2D eigenvalue weighted by molar-refractivity contribution is -0.112. The summed E-state index contributed by atoms with van der Waals surface area (Å²) in [6.07, 6.45) is 1.58. The summed E-state index contributed by atoms with van der Waals surface area (Å²) in [5.74, 6) is 0.912. The summed E-state index contributed by atoms with van der Waals surface area (Å²) >= 11 is 3.46. The number of anilines is 1. The number of carbonyl (C=O) groups excluding carboxylic acids is 1. The van der Waals surface area contributed by atoms with Crippen molar-refractivity contribution in [3.05, 3.63) is 94.0 Å². The second-order valence-electron chi connectivity index (χ2n) is 7.28. The highest BCUT2D eigenvalue weighted by atomic mass is 79.9. The fourth-order valence-corrected chi connectivity index (χ4v) is 3.34. The van der Waals surface area contributed by atoms with Crippen molar-refractivity contribution in [1.82, 2.24) is 0 Å². The minimum Gasteiger partial charge on any atom is -0.490 e. The average Bonchev–Trinajstić information content (AvgIpc) is 2.79. The summed E-state index contributed by atoms with van der Waals surface area (Å²) < 4.78 is 12.2. The maximum absolute atomic E-state index is 12.6. The van der Waals surface area contributed by atoms with E-state index in [1.54, 1.807) is 42.5 Å². The van der Waals surface area contributed by atoms with Crippen LogP contribution in [-0.4, -0.2) is 12.0 Å². The van der Waals surface area contributed by atoms with Gasteiger partial charge in [0.25, 0.3) is 5.91 Å². The van der Waals surface area contributed by atoms with Gasteiger partial charge in [-0.1, -0.05) is 36.4 Å². The predicted molar refractivity (Wildman–Crippen MR) is 129 cm³/mol. The molecule has 162 valence electrons. The van der Waals surface area contributed by atoms with E-state index >= 15 is 0 Å². The van der Waals surface area contributed by atoms with E-state index < -0.39 is 5.91 Å². The van der Waals surface area contributed by atoms with Crippen molar-refractivity contribution in [2.75, 3.05) is 5.32 Å².